The van der Waals surface area contributed by atoms with Crippen LogP contribution >= 0.6 is 0 Å². The zero-order valence-corrected chi connectivity index (χ0v) is 12.9. The molecule has 1 aliphatic heterocycles. The number of nitrogens with zero attached hydrogens (tertiary/aromatic N) is 3. The third kappa shape index (κ3) is 3.61. The number of pyridine rings is 1. The molecule has 0 radical (unpaired) electrons. The van der Waals surface area contributed by atoms with Crippen molar-refractivity contribution in [1.29, 1.82) is 0 Å². The lowest BCUT2D eigenvalue weighted by molar-refractivity contribution is -0.121. The fourth-order valence-electron chi connectivity index (χ4n) is 2.97. The summed E-state index contributed by atoms with van der Waals surface area (Å²) in [6.07, 6.45) is 5.20. The van der Waals surface area contributed by atoms with Crippen LogP contribution in [0.5, 0.6) is 0 Å². The molecule has 7 nitrogen and oxygen atoms in total. The summed E-state index contributed by atoms with van der Waals surface area (Å²) in [4.78, 5) is 28.5. The molecule has 2 aromatic heterocycles. The van der Waals surface area contributed by atoms with Crippen LogP contribution in [0.4, 0.5) is 4.79 Å². The first kappa shape index (κ1) is 15.3. The van der Waals surface area contributed by atoms with Gasteiger partial charge in [0.2, 0.25) is 0 Å². The molecule has 0 aliphatic carbocycles. The Morgan fingerprint density at radius 1 is 1.30 bits per heavy atom. The first-order valence-corrected chi connectivity index (χ1v) is 7.73. The molecule has 0 unspecified atom stereocenters. The first-order chi connectivity index (χ1) is 11.1. The molecule has 0 aromatic carbocycles. The summed E-state index contributed by atoms with van der Waals surface area (Å²) in [5.41, 5.74) is 5.97. The van der Waals surface area contributed by atoms with Crippen molar-refractivity contribution in [2.75, 3.05) is 19.7 Å². The summed E-state index contributed by atoms with van der Waals surface area (Å²) in [6.45, 7) is 1.80. The first-order valence-electron chi connectivity index (χ1n) is 7.73. The minimum Gasteiger partial charge on any atom is -0.439 e. The minimum atomic E-state index is -0.639. The summed E-state index contributed by atoms with van der Waals surface area (Å²) in [5.74, 6) is -0.145. The molecule has 1 saturated heterocycles. The van der Waals surface area contributed by atoms with Crippen LogP contribution < -0.4 is 5.73 Å². The molecule has 1 fully saturated rings. The second kappa shape index (κ2) is 6.68. The number of hydrogen-bond donors (Lipinski definition) is 1. The second-order valence-corrected chi connectivity index (χ2v) is 5.84. The number of piperidine rings is 1. The van der Waals surface area contributed by atoms with Crippen LogP contribution in [0.15, 0.2) is 30.6 Å². The van der Waals surface area contributed by atoms with E-state index in [4.69, 9.17) is 10.5 Å². The maximum Gasteiger partial charge on any atom is 0.410 e. The Hall–Kier alpha value is -2.57. The smallest absolute Gasteiger partial charge is 0.410 e. The molecule has 23 heavy (non-hydrogen) atoms. The van der Waals surface area contributed by atoms with Crippen LogP contribution in [0.1, 0.15) is 12.8 Å². The van der Waals surface area contributed by atoms with Gasteiger partial charge in [-0.1, -0.05) is 0 Å². The summed E-state index contributed by atoms with van der Waals surface area (Å²) in [6, 6.07) is 6.05. The zero-order chi connectivity index (χ0) is 16.2. The van der Waals surface area contributed by atoms with Gasteiger partial charge in [0.05, 0.1) is 0 Å². The van der Waals surface area contributed by atoms with E-state index in [1.807, 2.05) is 6.07 Å². The van der Waals surface area contributed by atoms with E-state index in [0.717, 1.165) is 30.4 Å². The lowest BCUT2D eigenvalue weighted by atomic mass is 9.97. The number of primary amides is 1. The summed E-state index contributed by atoms with van der Waals surface area (Å²) < 4.78 is 7.01. The van der Waals surface area contributed by atoms with E-state index in [1.54, 1.807) is 11.1 Å². The summed E-state index contributed by atoms with van der Waals surface area (Å²) >= 11 is 0. The van der Waals surface area contributed by atoms with Crippen LogP contribution in [-0.2, 0) is 16.1 Å². The van der Waals surface area contributed by atoms with E-state index in [1.165, 1.54) is 0 Å². The molecule has 0 spiro atoms. The van der Waals surface area contributed by atoms with Crippen LogP contribution in [0.25, 0.3) is 11.0 Å². The Balaban J connectivity index is 1.53. The van der Waals surface area contributed by atoms with E-state index < -0.39 is 12.0 Å². The van der Waals surface area contributed by atoms with Crippen molar-refractivity contribution in [3.05, 3.63) is 30.6 Å². The molecule has 7 heteroatoms. The van der Waals surface area contributed by atoms with Gasteiger partial charge < -0.3 is 19.9 Å². The summed E-state index contributed by atoms with van der Waals surface area (Å²) in [5, 5.41) is 1.14. The molecule has 0 saturated carbocycles. The number of hydrogen-bond acceptors (Lipinski definition) is 4. The highest BCUT2D eigenvalue weighted by Gasteiger charge is 2.24. The van der Waals surface area contributed by atoms with Crippen molar-refractivity contribution in [2.45, 2.75) is 19.4 Å². The highest BCUT2D eigenvalue weighted by Crippen LogP contribution is 2.22. The molecule has 0 atom stereocenters. The Labute approximate surface area is 134 Å². The van der Waals surface area contributed by atoms with Gasteiger partial charge in [-0.2, -0.15) is 0 Å². The predicted molar refractivity (Wildman–Crippen MR) is 84.6 cm³/mol. The standard InChI is InChI=1S/C16H20N4O3/c17-14(21)11-23-16(22)19-7-3-12(4-8-19)10-20-9-5-13-2-1-6-18-15(13)20/h1-2,5-6,9,12H,3-4,7-8,10-11H2,(H2,17,21). The Kier molecular flexibility index (Phi) is 4.45. The Bertz CT molecular complexity index is 704. The van der Waals surface area contributed by atoms with Gasteiger partial charge in [0.25, 0.3) is 5.91 Å². The molecule has 122 valence electrons. The van der Waals surface area contributed by atoms with Crippen molar-refractivity contribution >= 4 is 23.0 Å². The number of carbonyl (C=O) groups excluding carboxylic acids is 2. The van der Waals surface area contributed by atoms with Gasteiger partial charge in [0.15, 0.2) is 6.61 Å². The quantitative estimate of drug-likeness (QED) is 0.922. The van der Waals surface area contributed by atoms with E-state index in [-0.39, 0.29) is 6.61 Å². The number of fused-ring (bicyclic) bond motifs is 1. The molecule has 1 aliphatic rings. The maximum absolute atomic E-state index is 11.8. The Morgan fingerprint density at radius 2 is 2.09 bits per heavy atom. The van der Waals surface area contributed by atoms with E-state index in [0.29, 0.717) is 19.0 Å². The van der Waals surface area contributed by atoms with Gasteiger partial charge in [-0.3, -0.25) is 4.79 Å². The monoisotopic (exact) mass is 316 g/mol. The van der Waals surface area contributed by atoms with Gasteiger partial charge in [0, 0.05) is 37.4 Å². The van der Waals surface area contributed by atoms with E-state index >= 15 is 0 Å². The SMILES string of the molecule is NC(=O)COC(=O)N1CCC(Cn2ccc3cccnc32)CC1. The van der Waals surface area contributed by atoms with Gasteiger partial charge in [-0.25, -0.2) is 9.78 Å². The highest BCUT2D eigenvalue weighted by molar-refractivity contribution is 5.78. The molecule has 0 bridgehead atoms. The van der Waals surface area contributed by atoms with Crippen LogP contribution in [0.3, 0.4) is 0 Å². The maximum atomic E-state index is 11.8. The zero-order valence-electron chi connectivity index (χ0n) is 12.9. The molecule has 2 amide bonds. The lowest BCUT2D eigenvalue weighted by Gasteiger charge is -2.31. The second-order valence-electron chi connectivity index (χ2n) is 5.84. The number of rotatable bonds is 4. The average Bonchev–Trinajstić information content (AvgIpc) is 2.96. The van der Waals surface area contributed by atoms with Gasteiger partial charge in [0.1, 0.15) is 5.65 Å². The minimum absolute atomic E-state index is 0.361. The normalized spacial score (nSPS) is 15.7. The fourth-order valence-corrected chi connectivity index (χ4v) is 2.97. The molecular formula is C16H20N4O3. The van der Waals surface area contributed by atoms with Gasteiger partial charge >= 0.3 is 6.09 Å². The van der Waals surface area contributed by atoms with Gasteiger partial charge in [-0.05, 0) is 37.0 Å². The van der Waals surface area contributed by atoms with Crippen LogP contribution in [-0.4, -0.2) is 46.1 Å². The topological polar surface area (TPSA) is 90.5 Å². The van der Waals surface area contributed by atoms with Crippen molar-refractivity contribution in [3.8, 4) is 0 Å². The Morgan fingerprint density at radius 3 is 2.83 bits per heavy atom. The lowest BCUT2D eigenvalue weighted by Crippen LogP contribution is -2.40. The van der Waals surface area contributed by atoms with Crippen LogP contribution in [0.2, 0.25) is 0 Å². The predicted octanol–water partition coefficient (Wildman–Crippen LogP) is 1.37. The third-order valence-corrected chi connectivity index (χ3v) is 4.19. The number of likely N-dealkylation sites (tertiary alicyclic amines) is 1. The number of carbonyl (C=O) groups is 2. The summed E-state index contributed by atoms with van der Waals surface area (Å²) in [7, 11) is 0. The molecule has 3 heterocycles. The van der Waals surface area contributed by atoms with Crippen LogP contribution in [0, 0.1) is 5.92 Å². The van der Waals surface area contributed by atoms with Crippen molar-refractivity contribution < 1.29 is 14.3 Å². The molecular weight excluding hydrogens is 296 g/mol. The fraction of sp³-hybridized carbons (Fsp3) is 0.438. The van der Waals surface area contributed by atoms with Crippen molar-refractivity contribution in [2.24, 2.45) is 11.7 Å². The third-order valence-electron chi connectivity index (χ3n) is 4.19. The van der Waals surface area contributed by atoms with E-state index in [9.17, 15) is 9.59 Å². The average molecular weight is 316 g/mol. The number of nitrogens with two attached hydrogens (primary N) is 1. The highest BCUT2D eigenvalue weighted by atomic mass is 16.6. The number of aromatic nitrogens is 2. The van der Waals surface area contributed by atoms with E-state index in [2.05, 4.69) is 27.9 Å². The molecule has 3 rings (SSSR count). The van der Waals surface area contributed by atoms with Crippen molar-refractivity contribution in [1.82, 2.24) is 14.5 Å². The largest absolute Gasteiger partial charge is 0.439 e. The molecule has 2 aromatic rings. The van der Waals surface area contributed by atoms with Crippen molar-refractivity contribution in [3.63, 3.8) is 0 Å². The van der Waals surface area contributed by atoms with Gasteiger partial charge in [-0.15, -0.1) is 0 Å². The number of ether oxygens (including phenoxy) is 1. The number of amides is 2. The molecule has 2 N–H and O–H groups in total.